The van der Waals surface area contributed by atoms with Gasteiger partial charge in [0, 0.05) is 17.5 Å². The largest absolute Gasteiger partial charge is 0.377 e. The van der Waals surface area contributed by atoms with Crippen LogP contribution in [0.3, 0.4) is 0 Å². The third-order valence-corrected chi connectivity index (χ3v) is 2.81. The molecule has 1 rings (SSSR count). The van der Waals surface area contributed by atoms with Crippen LogP contribution < -0.4 is 0 Å². The summed E-state index contributed by atoms with van der Waals surface area (Å²) >= 11 is 3.45. The van der Waals surface area contributed by atoms with Gasteiger partial charge in [-0.05, 0) is 25.0 Å². The predicted octanol–water partition coefficient (Wildman–Crippen LogP) is 3.33. The van der Waals surface area contributed by atoms with Crippen LogP contribution >= 0.6 is 15.9 Å². The van der Waals surface area contributed by atoms with Gasteiger partial charge in [-0.1, -0.05) is 34.1 Å². The Hall–Kier alpha value is -0.670. The Morgan fingerprint density at radius 1 is 1.40 bits per heavy atom. The second-order valence-corrected chi connectivity index (χ2v) is 4.30. The number of benzene rings is 1. The van der Waals surface area contributed by atoms with Crippen molar-refractivity contribution in [1.29, 1.82) is 0 Å². The molecule has 0 aromatic heterocycles. The number of ether oxygens (including phenoxy) is 1. The van der Waals surface area contributed by atoms with Gasteiger partial charge in [-0.15, -0.1) is 0 Å². The third-order valence-electron chi connectivity index (χ3n) is 2.03. The molecule has 0 atom stereocenters. The average molecular weight is 271 g/mol. The van der Waals surface area contributed by atoms with Crippen molar-refractivity contribution in [3.05, 3.63) is 34.3 Å². The Bertz CT molecular complexity index is 323. The maximum atomic E-state index is 10.7. The molecule has 0 radical (unpaired) electrons. The summed E-state index contributed by atoms with van der Waals surface area (Å²) in [6.45, 7) is 2.84. The van der Waals surface area contributed by atoms with Gasteiger partial charge in [0.2, 0.25) is 0 Å². The molecule has 0 aliphatic rings. The van der Waals surface area contributed by atoms with E-state index < -0.39 is 0 Å². The normalized spacial score (nSPS) is 10.3. The van der Waals surface area contributed by atoms with E-state index >= 15 is 0 Å². The monoisotopic (exact) mass is 270 g/mol. The number of ketones is 1. The van der Waals surface area contributed by atoms with Crippen molar-refractivity contribution in [2.45, 2.75) is 26.4 Å². The Balaban J connectivity index is 2.21. The lowest BCUT2D eigenvalue weighted by molar-refractivity contribution is -0.117. The molecule has 2 nitrogen and oxygen atoms in total. The van der Waals surface area contributed by atoms with Gasteiger partial charge in [-0.2, -0.15) is 0 Å². The van der Waals surface area contributed by atoms with Gasteiger partial charge >= 0.3 is 0 Å². The third kappa shape index (κ3) is 5.09. The molecule has 3 heteroatoms. The van der Waals surface area contributed by atoms with Gasteiger partial charge in [0.05, 0.1) is 6.61 Å². The van der Waals surface area contributed by atoms with Crippen molar-refractivity contribution in [3.8, 4) is 0 Å². The van der Waals surface area contributed by atoms with E-state index in [0.29, 0.717) is 19.6 Å². The van der Waals surface area contributed by atoms with Crippen LogP contribution in [0.2, 0.25) is 0 Å². The zero-order valence-corrected chi connectivity index (χ0v) is 10.4. The molecule has 0 fully saturated rings. The lowest BCUT2D eigenvalue weighted by atomic mass is 10.2. The van der Waals surface area contributed by atoms with Gasteiger partial charge < -0.3 is 9.53 Å². The van der Waals surface area contributed by atoms with Crippen LogP contribution in [-0.4, -0.2) is 12.4 Å². The predicted molar refractivity (Wildman–Crippen MR) is 63.7 cm³/mol. The molecule has 0 heterocycles. The van der Waals surface area contributed by atoms with Crippen molar-refractivity contribution in [2.24, 2.45) is 0 Å². The number of halogens is 1. The molecule has 82 valence electrons. The molecule has 15 heavy (non-hydrogen) atoms. The molecule has 0 aliphatic heterocycles. The molecule has 0 aliphatic carbocycles. The molecule has 0 spiro atoms. The Morgan fingerprint density at radius 3 is 2.80 bits per heavy atom. The maximum Gasteiger partial charge on any atom is 0.129 e. The Labute approximate surface area is 98.8 Å². The molecule has 0 amide bonds. The first-order valence-electron chi connectivity index (χ1n) is 5.00. The molecule has 0 saturated carbocycles. The first kappa shape index (κ1) is 12.4. The molecule has 0 saturated heterocycles. The summed E-state index contributed by atoms with van der Waals surface area (Å²) in [5.41, 5.74) is 1.14. The minimum absolute atomic E-state index is 0.222. The number of carbonyl (C=O) groups excluding carboxylic acids is 1. The zero-order valence-electron chi connectivity index (χ0n) is 8.83. The molecule has 0 N–H and O–H groups in total. The lowest BCUT2D eigenvalue weighted by Gasteiger charge is -2.05. The number of carbonyl (C=O) groups is 1. The van der Waals surface area contributed by atoms with Crippen molar-refractivity contribution in [3.63, 3.8) is 0 Å². The highest BCUT2D eigenvalue weighted by Crippen LogP contribution is 2.16. The van der Waals surface area contributed by atoms with E-state index in [2.05, 4.69) is 15.9 Å². The molecule has 0 unspecified atom stereocenters. The first-order chi connectivity index (χ1) is 7.20. The summed E-state index contributed by atoms with van der Waals surface area (Å²) in [5, 5.41) is 0. The summed E-state index contributed by atoms with van der Waals surface area (Å²) in [7, 11) is 0. The number of hydrogen-bond acceptors (Lipinski definition) is 2. The lowest BCUT2D eigenvalue weighted by Crippen LogP contribution is -1.99. The highest BCUT2D eigenvalue weighted by atomic mass is 79.9. The van der Waals surface area contributed by atoms with Crippen LogP contribution in [0.1, 0.15) is 25.3 Å². The smallest absolute Gasteiger partial charge is 0.129 e. The number of rotatable bonds is 6. The fourth-order valence-electron chi connectivity index (χ4n) is 1.22. The molecule has 1 aromatic carbocycles. The zero-order chi connectivity index (χ0) is 11.1. The summed E-state index contributed by atoms with van der Waals surface area (Å²) in [6.07, 6.45) is 1.41. The van der Waals surface area contributed by atoms with E-state index in [9.17, 15) is 4.79 Å². The van der Waals surface area contributed by atoms with E-state index in [4.69, 9.17) is 4.74 Å². The minimum atomic E-state index is 0.222. The molecule has 1 aromatic rings. The topological polar surface area (TPSA) is 26.3 Å². The molecular weight excluding hydrogens is 256 g/mol. The van der Waals surface area contributed by atoms with Gasteiger partial charge in [0.15, 0.2) is 0 Å². The summed E-state index contributed by atoms with van der Waals surface area (Å²) in [6, 6.07) is 7.98. The molecule has 0 bridgehead atoms. The van der Waals surface area contributed by atoms with Crippen molar-refractivity contribution in [2.75, 3.05) is 6.61 Å². The van der Waals surface area contributed by atoms with Crippen LogP contribution in [-0.2, 0) is 16.1 Å². The highest BCUT2D eigenvalue weighted by Gasteiger charge is 1.98. The van der Waals surface area contributed by atoms with Crippen molar-refractivity contribution < 1.29 is 9.53 Å². The minimum Gasteiger partial charge on any atom is -0.377 e. The fourth-order valence-corrected chi connectivity index (χ4v) is 1.62. The average Bonchev–Trinajstić information content (AvgIpc) is 2.20. The number of hydrogen-bond donors (Lipinski definition) is 0. The van der Waals surface area contributed by atoms with Gasteiger partial charge in [-0.3, -0.25) is 0 Å². The van der Waals surface area contributed by atoms with Gasteiger partial charge in [-0.25, -0.2) is 0 Å². The molecular formula is C12H15BrO2. The van der Waals surface area contributed by atoms with Crippen molar-refractivity contribution in [1.82, 2.24) is 0 Å². The standard InChI is InChI=1S/C12H15BrO2/c1-10(14)5-4-8-15-9-11-6-2-3-7-12(11)13/h2-3,6-7H,4-5,8-9H2,1H3. The summed E-state index contributed by atoms with van der Waals surface area (Å²) in [4.78, 5) is 10.7. The van der Waals surface area contributed by atoms with Gasteiger partial charge in [0.25, 0.3) is 0 Å². The van der Waals surface area contributed by atoms with Gasteiger partial charge in [0.1, 0.15) is 5.78 Å². The summed E-state index contributed by atoms with van der Waals surface area (Å²) < 4.78 is 6.53. The van der Waals surface area contributed by atoms with Crippen molar-refractivity contribution >= 4 is 21.7 Å². The Kier molecular flexibility index (Phi) is 5.58. The van der Waals surface area contributed by atoms with E-state index in [1.165, 1.54) is 0 Å². The SMILES string of the molecule is CC(=O)CCCOCc1ccccc1Br. The maximum absolute atomic E-state index is 10.7. The number of Topliss-reactive ketones (excluding diaryl/α,β-unsaturated/α-hetero) is 1. The summed E-state index contributed by atoms with van der Waals surface area (Å²) in [5.74, 6) is 0.222. The second-order valence-electron chi connectivity index (χ2n) is 3.45. The van der Waals surface area contributed by atoms with E-state index in [-0.39, 0.29) is 5.78 Å². The Morgan fingerprint density at radius 2 is 2.13 bits per heavy atom. The van der Waals surface area contributed by atoms with E-state index in [1.807, 2.05) is 24.3 Å². The van der Waals surface area contributed by atoms with Crippen LogP contribution in [0, 0.1) is 0 Å². The van der Waals surface area contributed by atoms with Crippen LogP contribution in [0.5, 0.6) is 0 Å². The second kappa shape index (κ2) is 6.75. The quantitative estimate of drug-likeness (QED) is 0.742. The van der Waals surface area contributed by atoms with Crippen LogP contribution in [0.4, 0.5) is 0 Å². The van der Waals surface area contributed by atoms with E-state index in [0.717, 1.165) is 16.5 Å². The van der Waals surface area contributed by atoms with E-state index in [1.54, 1.807) is 6.92 Å². The fraction of sp³-hybridized carbons (Fsp3) is 0.417. The van der Waals surface area contributed by atoms with Crippen LogP contribution in [0.25, 0.3) is 0 Å². The first-order valence-corrected chi connectivity index (χ1v) is 5.80. The van der Waals surface area contributed by atoms with Crippen LogP contribution in [0.15, 0.2) is 28.7 Å². The highest BCUT2D eigenvalue weighted by molar-refractivity contribution is 9.10.